The number of hydrogen-bond donors (Lipinski definition) is 1. The molecule has 3 unspecified atom stereocenters. The summed E-state index contributed by atoms with van der Waals surface area (Å²) in [6, 6.07) is 10.5. The number of carboxylic acids is 1. The zero-order chi connectivity index (χ0) is 15.5. The van der Waals surface area contributed by atoms with Gasteiger partial charge in [0.05, 0.1) is 11.8 Å². The highest BCUT2D eigenvalue weighted by Crippen LogP contribution is 2.37. The molecule has 1 amide bonds. The van der Waals surface area contributed by atoms with Crippen LogP contribution in [0.1, 0.15) is 37.7 Å². The fourth-order valence-electron chi connectivity index (χ4n) is 3.69. The Morgan fingerprint density at radius 3 is 2.41 bits per heavy atom. The van der Waals surface area contributed by atoms with Crippen LogP contribution in [0.15, 0.2) is 30.3 Å². The van der Waals surface area contributed by atoms with E-state index >= 15 is 0 Å². The van der Waals surface area contributed by atoms with E-state index in [4.69, 9.17) is 0 Å². The first-order valence-electron chi connectivity index (χ1n) is 8.24. The number of hydrogen-bond acceptors (Lipinski definition) is 2. The predicted octanol–water partition coefficient (Wildman–Crippen LogP) is 2.72. The van der Waals surface area contributed by atoms with E-state index in [2.05, 4.69) is 12.1 Å². The van der Waals surface area contributed by atoms with Gasteiger partial charge in [-0.05, 0) is 44.1 Å². The maximum atomic E-state index is 12.8. The zero-order valence-electron chi connectivity index (χ0n) is 12.8. The van der Waals surface area contributed by atoms with Crippen molar-refractivity contribution < 1.29 is 14.7 Å². The van der Waals surface area contributed by atoms with Crippen LogP contribution in [0.3, 0.4) is 0 Å². The molecular weight excluding hydrogens is 278 g/mol. The number of nitrogens with zero attached hydrogens (tertiary/aromatic N) is 1. The number of carbonyl (C=O) groups is 2. The molecule has 1 aromatic rings. The highest BCUT2D eigenvalue weighted by Gasteiger charge is 2.44. The van der Waals surface area contributed by atoms with Gasteiger partial charge in [-0.15, -0.1) is 0 Å². The maximum absolute atomic E-state index is 12.8. The molecule has 0 spiro atoms. The van der Waals surface area contributed by atoms with Crippen molar-refractivity contribution in [2.45, 2.75) is 44.6 Å². The molecule has 22 heavy (non-hydrogen) atoms. The number of amides is 1. The van der Waals surface area contributed by atoms with Gasteiger partial charge in [-0.25, -0.2) is 0 Å². The van der Waals surface area contributed by atoms with Crippen LogP contribution in [0.2, 0.25) is 0 Å². The van der Waals surface area contributed by atoms with Crippen LogP contribution in [0.4, 0.5) is 0 Å². The summed E-state index contributed by atoms with van der Waals surface area (Å²) in [7, 11) is 0. The minimum absolute atomic E-state index is 0.0688. The largest absolute Gasteiger partial charge is 0.481 e. The van der Waals surface area contributed by atoms with Crippen LogP contribution < -0.4 is 0 Å². The topological polar surface area (TPSA) is 57.6 Å². The molecule has 3 rings (SSSR count). The molecule has 1 aromatic carbocycles. The van der Waals surface area contributed by atoms with E-state index < -0.39 is 11.9 Å². The lowest BCUT2D eigenvalue weighted by Crippen LogP contribution is -2.52. The van der Waals surface area contributed by atoms with Crippen LogP contribution in [-0.4, -0.2) is 34.5 Å². The first-order chi connectivity index (χ1) is 10.7. The average Bonchev–Trinajstić information content (AvgIpc) is 2.47. The van der Waals surface area contributed by atoms with Crippen molar-refractivity contribution in [3.05, 3.63) is 35.9 Å². The highest BCUT2D eigenvalue weighted by molar-refractivity contribution is 5.86. The Hall–Kier alpha value is -1.84. The van der Waals surface area contributed by atoms with Gasteiger partial charge in [-0.1, -0.05) is 30.3 Å². The number of carboxylic acid groups (broad SMARTS) is 1. The van der Waals surface area contributed by atoms with E-state index in [-0.39, 0.29) is 17.9 Å². The Morgan fingerprint density at radius 2 is 1.77 bits per heavy atom. The first kappa shape index (κ1) is 15.1. The van der Waals surface area contributed by atoms with Gasteiger partial charge in [0.15, 0.2) is 0 Å². The number of aliphatic carboxylic acids is 1. The van der Waals surface area contributed by atoms with Crippen molar-refractivity contribution >= 4 is 11.9 Å². The van der Waals surface area contributed by atoms with Gasteiger partial charge in [-0.3, -0.25) is 9.59 Å². The quantitative estimate of drug-likeness (QED) is 0.930. The summed E-state index contributed by atoms with van der Waals surface area (Å²) in [5.74, 6) is -1.51. The Kier molecular flexibility index (Phi) is 4.46. The molecule has 1 saturated carbocycles. The van der Waals surface area contributed by atoms with Crippen LogP contribution in [0.5, 0.6) is 0 Å². The summed E-state index contributed by atoms with van der Waals surface area (Å²) in [6.07, 6.45) is 5.44. The fourth-order valence-corrected chi connectivity index (χ4v) is 3.69. The normalized spacial score (nSPS) is 28.0. The second-order valence-electron chi connectivity index (χ2n) is 6.50. The molecule has 2 fully saturated rings. The van der Waals surface area contributed by atoms with Crippen molar-refractivity contribution in [3.8, 4) is 0 Å². The van der Waals surface area contributed by atoms with Crippen LogP contribution >= 0.6 is 0 Å². The number of benzene rings is 1. The van der Waals surface area contributed by atoms with Gasteiger partial charge in [0, 0.05) is 12.6 Å². The maximum Gasteiger partial charge on any atom is 0.307 e. The van der Waals surface area contributed by atoms with Crippen molar-refractivity contribution in [2.24, 2.45) is 11.8 Å². The summed E-state index contributed by atoms with van der Waals surface area (Å²) in [6.45, 7) is 0.777. The molecule has 4 nitrogen and oxygen atoms in total. The average molecular weight is 301 g/mol. The molecule has 4 heteroatoms. The minimum atomic E-state index is -0.818. The SMILES string of the molecule is O=C(O)C1CCC1C(=O)N1CCCCC1Cc1ccccc1. The Bertz CT molecular complexity index is 543. The summed E-state index contributed by atoms with van der Waals surface area (Å²) in [5, 5.41) is 9.18. The summed E-state index contributed by atoms with van der Waals surface area (Å²) >= 11 is 0. The lowest BCUT2D eigenvalue weighted by Gasteiger charge is -2.42. The minimum Gasteiger partial charge on any atom is -0.481 e. The smallest absolute Gasteiger partial charge is 0.307 e. The van der Waals surface area contributed by atoms with Gasteiger partial charge in [-0.2, -0.15) is 0 Å². The molecule has 2 aliphatic rings. The third-order valence-electron chi connectivity index (χ3n) is 5.13. The second-order valence-corrected chi connectivity index (χ2v) is 6.50. The van der Waals surface area contributed by atoms with Crippen LogP contribution in [-0.2, 0) is 16.0 Å². The number of rotatable bonds is 4. The predicted molar refractivity (Wildman–Crippen MR) is 83.3 cm³/mol. The molecule has 1 N–H and O–H groups in total. The van der Waals surface area contributed by atoms with Gasteiger partial charge in [0.25, 0.3) is 0 Å². The third-order valence-corrected chi connectivity index (χ3v) is 5.13. The molecule has 1 saturated heterocycles. The standard InChI is InChI=1S/C18H23NO3/c20-17(15-9-10-16(15)18(21)22)19-11-5-4-8-14(19)12-13-6-2-1-3-7-13/h1-3,6-7,14-16H,4-5,8-12H2,(H,21,22). The van der Waals surface area contributed by atoms with E-state index in [0.29, 0.717) is 6.42 Å². The Balaban J connectivity index is 1.69. The van der Waals surface area contributed by atoms with E-state index in [1.54, 1.807) is 0 Å². The molecule has 1 aliphatic carbocycles. The molecular formula is C18H23NO3. The van der Waals surface area contributed by atoms with Gasteiger partial charge < -0.3 is 10.0 Å². The molecule has 0 radical (unpaired) electrons. The molecule has 1 heterocycles. The van der Waals surface area contributed by atoms with Gasteiger partial charge in [0.1, 0.15) is 0 Å². The van der Waals surface area contributed by atoms with Gasteiger partial charge in [0.2, 0.25) is 5.91 Å². The highest BCUT2D eigenvalue weighted by atomic mass is 16.4. The van der Waals surface area contributed by atoms with Crippen molar-refractivity contribution in [1.29, 1.82) is 0 Å². The lowest BCUT2D eigenvalue weighted by molar-refractivity contribution is -0.158. The van der Waals surface area contributed by atoms with Crippen molar-refractivity contribution in [1.82, 2.24) is 4.90 Å². The molecule has 1 aliphatic heterocycles. The van der Waals surface area contributed by atoms with Crippen molar-refractivity contribution in [3.63, 3.8) is 0 Å². The third kappa shape index (κ3) is 3.01. The number of likely N-dealkylation sites (tertiary alicyclic amines) is 1. The molecule has 0 bridgehead atoms. The van der Waals surface area contributed by atoms with E-state index in [0.717, 1.165) is 38.6 Å². The second kappa shape index (κ2) is 6.51. The summed E-state index contributed by atoms with van der Waals surface area (Å²) in [4.78, 5) is 25.9. The molecule has 118 valence electrons. The van der Waals surface area contributed by atoms with Gasteiger partial charge >= 0.3 is 5.97 Å². The van der Waals surface area contributed by atoms with E-state index in [9.17, 15) is 14.7 Å². The van der Waals surface area contributed by atoms with Crippen LogP contribution in [0.25, 0.3) is 0 Å². The lowest BCUT2D eigenvalue weighted by atomic mass is 9.72. The van der Waals surface area contributed by atoms with Crippen LogP contribution in [0, 0.1) is 11.8 Å². The summed E-state index contributed by atoms with van der Waals surface area (Å²) in [5.41, 5.74) is 1.25. The zero-order valence-corrected chi connectivity index (χ0v) is 12.8. The monoisotopic (exact) mass is 301 g/mol. The summed E-state index contributed by atoms with van der Waals surface area (Å²) < 4.78 is 0. The van der Waals surface area contributed by atoms with Crippen molar-refractivity contribution in [2.75, 3.05) is 6.54 Å². The molecule has 3 atom stereocenters. The van der Waals surface area contributed by atoms with E-state index in [1.807, 2.05) is 23.1 Å². The van der Waals surface area contributed by atoms with E-state index in [1.165, 1.54) is 5.56 Å². The Labute approximate surface area is 131 Å². The molecule has 0 aromatic heterocycles. The fraction of sp³-hybridized carbons (Fsp3) is 0.556. The first-order valence-corrected chi connectivity index (χ1v) is 8.24. The Morgan fingerprint density at radius 1 is 1.05 bits per heavy atom. The number of piperidine rings is 1. The number of carbonyl (C=O) groups excluding carboxylic acids is 1.